The second kappa shape index (κ2) is 7.54. The van der Waals surface area contributed by atoms with Crippen LogP contribution in [0.5, 0.6) is 0 Å². The lowest BCUT2D eigenvalue weighted by molar-refractivity contribution is 0.529. The van der Waals surface area contributed by atoms with Gasteiger partial charge < -0.3 is 4.57 Å². The number of fused-ring (bicyclic) bond motifs is 1. The van der Waals surface area contributed by atoms with Gasteiger partial charge >= 0.3 is 0 Å². The third-order valence-electron chi connectivity index (χ3n) is 5.53. The molecule has 0 spiro atoms. The quantitative estimate of drug-likeness (QED) is 0.272. The first kappa shape index (κ1) is 18.8. The maximum atomic E-state index is 14.2. The van der Waals surface area contributed by atoms with E-state index in [0.29, 0.717) is 9.99 Å². The molecule has 5 aromatic rings. The van der Waals surface area contributed by atoms with Crippen LogP contribution in [0.25, 0.3) is 11.0 Å². The first-order chi connectivity index (χ1) is 14.7. The maximum absolute atomic E-state index is 14.2. The van der Waals surface area contributed by atoms with E-state index in [1.165, 1.54) is 6.07 Å². The minimum Gasteiger partial charge on any atom is -0.312 e. The number of hydrogen-bond donors (Lipinski definition) is 0. The predicted molar refractivity (Wildman–Crippen MR) is 122 cm³/mol. The van der Waals surface area contributed by atoms with Crippen LogP contribution in [0.15, 0.2) is 114 Å². The summed E-state index contributed by atoms with van der Waals surface area (Å²) in [6.45, 7) is 0. The van der Waals surface area contributed by atoms with Gasteiger partial charge in [-0.1, -0.05) is 91.0 Å². The second-order valence-corrected chi connectivity index (χ2v) is 8.03. The highest BCUT2D eigenvalue weighted by Gasteiger charge is 2.39. The summed E-state index contributed by atoms with van der Waals surface area (Å²) in [7, 11) is 0. The van der Waals surface area contributed by atoms with Crippen LogP contribution in [-0.2, 0) is 5.54 Å². The van der Waals surface area contributed by atoms with Crippen LogP contribution in [0.3, 0.4) is 0 Å². The van der Waals surface area contributed by atoms with Gasteiger partial charge in [-0.25, -0.2) is 9.37 Å². The Morgan fingerprint density at radius 1 is 0.700 bits per heavy atom. The fourth-order valence-electron chi connectivity index (χ4n) is 4.23. The first-order valence-electron chi connectivity index (χ1n) is 9.70. The monoisotopic (exact) mass is 456 g/mol. The lowest BCUT2D eigenvalue weighted by Gasteiger charge is -2.38. The molecule has 5 rings (SSSR count). The molecule has 30 heavy (non-hydrogen) atoms. The lowest BCUT2D eigenvalue weighted by atomic mass is 9.76. The minimum absolute atomic E-state index is 0.322. The Bertz CT molecular complexity index is 1200. The van der Waals surface area contributed by atoms with Crippen molar-refractivity contribution >= 4 is 27.0 Å². The Labute approximate surface area is 182 Å². The SMILES string of the molecule is Fc1cc2ncn(C(c3ccccc3)(c3ccccc3)c3ccccc3)c2cc1Br. The fourth-order valence-corrected chi connectivity index (χ4v) is 4.56. The molecule has 146 valence electrons. The van der Waals surface area contributed by atoms with Gasteiger partial charge in [0.15, 0.2) is 0 Å². The van der Waals surface area contributed by atoms with Crippen molar-refractivity contribution in [1.29, 1.82) is 0 Å². The van der Waals surface area contributed by atoms with Gasteiger partial charge in [0, 0.05) is 6.07 Å². The highest BCUT2D eigenvalue weighted by Crippen LogP contribution is 2.42. The molecule has 0 radical (unpaired) electrons. The Morgan fingerprint density at radius 2 is 1.17 bits per heavy atom. The van der Waals surface area contributed by atoms with Gasteiger partial charge in [-0.3, -0.25) is 0 Å². The fraction of sp³-hybridized carbons (Fsp3) is 0.0385. The van der Waals surface area contributed by atoms with Crippen LogP contribution in [0, 0.1) is 5.82 Å². The van der Waals surface area contributed by atoms with Crippen molar-refractivity contribution in [2.45, 2.75) is 5.54 Å². The zero-order chi connectivity index (χ0) is 20.6. The number of hydrogen-bond acceptors (Lipinski definition) is 1. The topological polar surface area (TPSA) is 17.8 Å². The molecule has 0 saturated heterocycles. The lowest BCUT2D eigenvalue weighted by Crippen LogP contribution is -2.37. The Kier molecular flexibility index (Phi) is 4.72. The number of imidazole rings is 1. The number of nitrogens with zero attached hydrogens (tertiary/aromatic N) is 2. The van der Waals surface area contributed by atoms with Crippen LogP contribution < -0.4 is 0 Å². The molecule has 0 saturated carbocycles. The minimum atomic E-state index is -0.671. The van der Waals surface area contributed by atoms with Gasteiger partial charge in [0.25, 0.3) is 0 Å². The summed E-state index contributed by atoms with van der Waals surface area (Å²) in [6.07, 6.45) is 1.81. The van der Waals surface area contributed by atoms with Gasteiger partial charge in [0.05, 0.1) is 21.8 Å². The van der Waals surface area contributed by atoms with E-state index in [-0.39, 0.29) is 5.82 Å². The smallest absolute Gasteiger partial charge is 0.139 e. The van der Waals surface area contributed by atoms with Crippen LogP contribution >= 0.6 is 15.9 Å². The number of halogens is 2. The highest BCUT2D eigenvalue weighted by molar-refractivity contribution is 9.10. The zero-order valence-electron chi connectivity index (χ0n) is 16.0. The average molecular weight is 457 g/mol. The largest absolute Gasteiger partial charge is 0.312 e. The first-order valence-corrected chi connectivity index (χ1v) is 10.5. The number of aromatic nitrogens is 2. The average Bonchev–Trinajstić information content (AvgIpc) is 3.20. The molecule has 0 aliphatic carbocycles. The summed E-state index contributed by atoms with van der Waals surface area (Å²) in [6, 6.07) is 34.4. The van der Waals surface area contributed by atoms with Crippen molar-refractivity contribution in [3.05, 3.63) is 136 Å². The Morgan fingerprint density at radius 3 is 1.63 bits per heavy atom. The highest BCUT2D eigenvalue weighted by atomic mass is 79.9. The van der Waals surface area contributed by atoms with E-state index in [2.05, 4.69) is 61.9 Å². The molecule has 0 amide bonds. The molecular formula is C26H18BrFN2. The second-order valence-electron chi connectivity index (χ2n) is 7.18. The summed E-state index contributed by atoms with van der Waals surface area (Å²) in [4.78, 5) is 4.57. The molecule has 0 aliphatic heterocycles. The third kappa shape index (κ3) is 2.87. The molecule has 1 aromatic heterocycles. The van der Waals surface area contributed by atoms with Crippen molar-refractivity contribution in [2.24, 2.45) is 0 Å². The zero-order valence-corrected chi connectivity index (χ0v) is 17.6. The number of benzene rings is 4. The van der Waals surface area contributed by atoms with Crippen LogP contribution in [0.2, 0.25) is 0 Å². The molecule has 4 aromatic carbocycles. The molecule has 0 atom stereocenters. The van der Waals surface area contributed by atoms with Crippen LogP contribution in [0.4, 0.5) is 4.39 Å². The molecule has 0 unspecified atom stereocenters. The van der Waals surface area contributed by atoms with Crippen LogP contribution in [0.1, 0.15) is 16.7 Å². The van der Waals surface area contributed by atoms with E-state index >= 15 is 0 Å². The van der Waals surface area contributed by atoms with E-state index in [1.54, 1.807) is 6.07 Å². The molecule has 1 heterocycles. The molecule has 2 nitrogen and oxygen atoms in total. The van der Waals surface area contributed by atoms with Crippen molar-refractivity contribution in [3.63, 3.8) is 0 Å². The Hall–Kier alpha value is -3.24. The maximum Gasteiger partial charge on any atom is 0.139 e. The summed E-state index contributed by atoms with van der Waals surface area (Å²) < 4.78 is 16.8. The van der Waals surface area contributed by atoms with Crippen LogP contribution in [-0.4, -0.2) is 9.55 Å². The molecule has 0 N–H and O–H groups in total. The standard InChI is InChI=1S/C26H18BrFN2/c27-22-16-25-24(17-23(22)28)29-18-30(25)26(19-10-4-1-5-11-19,20-12-6-2-7-13-20)21-14-8-3-9-15-21/h1-18H. The molecule has 0 aliphatic rings. The summed E-state index contributed by atoms with van der Waals surface area (Å²) in [5.41, 5.74) is 4.09. The van der Waals surface area contributed by atoms with Crippen molar-refractivity contribution in [2.75, 3.05) is 0 Å². The third-order valence-corrected chi connectivity index (χ3v) is 6.13. The summed E-state index contributed by atoms with van der Waals surface area (Å²) >= 11 is 3.35. The molecule has 0 bridgehead atoms. The molecule has 4 heteroatoms. The van der Waals surface area contributed by atoms with Gasteiger partial charge in [-0.2, -0.15) is 0 Å². The summed E-state index contributed by atoms with van der Waals surface area (Å²) in [5.74, 6) is -0.322. The van der Waals surface area contributed by atoms with Gasteiger partial charge in [-0.15, -0.1) is 0 Å². The van der Waals surface area contributed by atoms with Crippen molar-refractivity contribution in [3.8, 4) is 0 Å². The van der Waals surface area contributed by atoms with E-state index < -0.39 is 5.54 Å². The van der Waals surface area contributed by atoms with E-state index in [1.807, 2.05) is 60.9 Å². The summed E-state index contributed by atoms with van der Waals surface area (Å²) in [5, 5.41) is 0. The van der Waals surface area contributed by atoms with E-state index in [0.717, 1.165) is 22.2 Å². The van der Waals surface area contributed by atoms with Gasteiger partial charge in [-0.05, 0) is 38.7 Å². The number of rotatable bonds is 4. The predicted octanol–water partition coefficient (Wildman–Crippen LogP) is 6.78. The van der Waals surface area contributed by atoms with Crippen molar-refractivity contribution in [1.82, 2.24) is 9.55 Å². The van der Waals surface area contributed by atoms with E-state index in [4.69, 9.17) is 0 Å². The molecule has 0 fully saturated rings. The normalized spacial score (nSPS) is 11.7. The molecular weight excluding hydrogens is 439 g/mol. The van der Waals surface area contributed by atoms with Gasteiger partial charge in [0.1, 0.15) is 11.4 Å². The van der Waals surface area contributed by atoms with E-state index in [9.17, 15) is 4.39 Å². The van der Waals surface area contributed by atoms with Gasteiger partial charge in [0.2, 0.25) is 0 Å². The van der Waals surface area contributed by atoms with Crippen molar-refractivity contribution < 1.29 is 4.39 Å². The Balaban J connectivity index is 1.96.